The first-order valence-corrected chi connectivity index (χ1v) is 10.1. The van der Waals surface area contributed by atoms with Crippen LogP contribution in [0.3, 0.4) is 0 Å². The Morgan fingerprint density at radius 3 is 2.44 bits per heavy atom. The molecular formula is C21H32N4O2. The summed E-state index contributed by atoms with van der Waals surface area (Å²) in [5, 5.41) is 3.05. The zero-order valence-corrected chi connectivity index (χ0v) is 16.6. The van der Waals surface area contributed by atoms with Crippen LogP contribution in [0.15, 0.2) is 24.3 Å². The summed E-state index contributed by atoms with van der Waals surface area (Å²) in [5.74, 6) is 0.551. The molecule has 6 heteroatoms. The summed E-state index contributed by atoms with van der Waals surface area (Å²) in [4.78, 5) is 31.1. The van der Waals surface area contributed by atoms with E-state index in [0.29, 0.717) is 24.4 Å². The van der Waals surface area contributed by atoms with Gasteiger partial charge in [-0.15, -0.1) is 0 Å². The Hall–Kier alpha value is -1.92. The molecule has 148 valence electrons. The molecule has 3 rings (SSSR count). The zero-order chi connectivity index (χ0) is 19.2. The van der Waals surface area contributed by atoms with Crippen LogP contribution in [0.25, 0.3) is 0 Å². The van der Waals surface area contributed by atoms with Gasteiger partial charge in [0.25, 0.3) is 5.91 Å². The summed E-state index contributed by atoms with van der Waals surface area (Å²) < 4.78 is 0. The molecule has 1 aromatic carbocycles. The Bertz CT molecular complexity index is 638. The first kappa shape index (κ1) is 19.8. The van der Waals surface area contributed by atoms with Gasteiger partial charge in [-0.1, -0.05) is 6.92 Å². The number of hydrogen-bond donors (Lipinski definition) is 1. The minimum atomic E-state index is -0.0447. The molecule has 1 N–H and O–H groups in total. The molecule has 2 amide bonds. The molecule has 0 radical (unpaired) electrons. The third-order valence-electron chi connectivity index (χ3n) is 5.54. The highest BCUT2D eigenvalue weighted by molar-refractivity contribution is 5.96. The molecule has 1 aromatic rings. The van der Waals surface area contributed by atoms with Crippen LogP contribution in [0.4, 0.5) is 5.69 Å². The molecule has 2 heterocycles. The number of carbonyl (C=O) groups is 2. The maximum absolute atomic E-state index is 12.4. The summed E-state index contributed by atoms with van der Waals surface area (Å²) in [7, 11) is 2.16. The molecule has 0 bridgehead atoms. The zero-order valence-electron chi connectivity index (χ0n) is 16.6. The topological polar surface area (TPSA) is 55.9 Å². The molecule has 1 atom stereocenters. The summed E-state index contributed by atoms with van der Waals surface area (Å²) >= 11 is 0. The molecule has 1 unspecified atom stereocenters. The summed E-state index contributed by atoms with van der Waals surface area (Å²) in [6, 6.07) is 7.40. The van der Waals surface area contributed by atoms with Crippen molar-refractivity contribution < 1.29 is 9.59 Å². The van der Waals surface area contributed by atoms with Gasteiger partial charge in [0, 0.05) is 63.5 Å². The standard InChI is InChI=1S/C21H32N4O2/c1-17(16-24-13-11-23(2)12-14-24)15-22-21(27)18-6-8-19(9-7-18)25-10-4-3-5-20(25)26/h6-9,17H,3-5,10-16H2,1-2H3,(H,22,27). The van der Waals surface area contributed by atoms with Crippen molar-refractivity contribution in [2.45, 2.75) is 26.2 Å². The fourth-order valence-corrected chi connectivity index (χ4v) is 3.78. The molecule has 2 aliphatic rings. The van der Waals surface area contributed by atoms with Gasteiger partial charge < -0.3 is 20.0 Å². The van der Waals surface area contributed by atoms with Crippen LogP contribution in [-0.2, 0) is 4.79 Å². The molecule has 0 saturated carbocycles. The highest BCUT2D eigenvalue weighted by atomic mass is 16.2. The predicted octanol–water partition coefficient (Wildman–Crippen LogP) is 1.82. The molecule has 2 aliphatic heterocycles. The van der Waals surface area contributed by atoms with Gasteiger partial charge in [0.05, 0.1) is 0 Å². The second kappa shape index (κ2) is 9.33. The van der Waals surface area contributed by atoms with Crippen LogP contribution < -0.4 is 10.2 Å². The lowest BCUT2D eigenvalue weighted by atomic mass is 10.1. The van der Waals surface area contributed by atoms with Gasteiger partial charge in [0.1, 0.15) is 0 Å². The monoisotopic (exact) mass is 372 g/mol. The number of carbonyl (C=O) groups excluding carboxylic acids is 2. The van der Waals surface area contributed by atoms with Crippen LogP contribution in [0.1, 0.15) is 36.5 Å². The summed E-state index contributed by atoms with van der Waals surface area (Å²) in [6.45, 7) is 9.09. The number of amides is 2. The van der Waals surface area contributed by atoms with Crippen LogP contribution in [0.2, 0.25) is 0 Å². The quantitative estimate of drug-likeness (QED) is 0.828. The van der Waals surface area contributed by atoms with Crippen molar-refractivity contribution in [3.8, 4) is 0 Å². The first-order chi connectivity index (χ1) is 13.0. The Labute approximate surface area is 162 Å². The highest BCUT2D eigenvalue weighted by Gasteiger charge is 2.20. The molecule has 2 saturated heterocycles. The third-order valence-corrected chi connectivity index (χ3v) is 5.54. The van der Waals surface area contributed by atoms with Crippen LogP contribution in [0, 0.1) is 5.92 Å². The minimum absolute atomic E-state index is 0.0447. The van der Waals surface area contributed by atoms with E-state index in [1.807, 2.05) is 29.2 Å². The van der Waals surface area contributed by atoms with Gasteiger partial charge in [-0.25, -0.2) is 0 Å². The normalized spacial score (nSPS) is 20.5. The van der Waals surface area contributed by atoms with Crippen molar-refractivity contribution in [3.63, 3.8) is 0 Å². The molecule has 2 fully saturated rings. The van der Waals surface area contributed by atoms with Gasteiger partial charge in [0.2, 0.25) is 5.91 Å². The van der Waals surface area contributed by atoms with E-state index in [1.165, 1.54) is 0 Å². The van der Waals surface area contributed by atoms with Crippen molar-refractivity contribution in [2.75, 3.05) is 57.8 Å². The molecule has 0 aliphatic carbocycles. The van der Waals surface area contributed by atoms with E-state index in [0.717, 1.165) is 57.8 Å². The Kier molecular flexibility index (Phi) is 6.85. The predicted molar refractivity (Wildman–Crippen MR) is 108 cm³/mol. The Morgan fingerprint density at radius 1 is 1.07 bits per heavy atom. The lowest BCUT2D eigenvalue weighted by molar-refractivity contribution is -0.119. The molecular weight excluding hydrogens is 340 g/mol. The Morgan fingerprint density at radius 2 is 1.78 bits per heavy atom. The van der Waals surface area contributed by atoms with Gasteiger partial charge >= 0.3 is 0 Å². The van der Waals surface area contributed by atoms with E-state index in [9.17, 15) is 9.59 Å². The molecule has 0 aromatic heterocycles. The number of benzene rings is 1. The maximum atomic E-state index is 12.4. The second-order valence-corrected chi connectivity index (χ2v) is 7.97. The molecule has 27 heavy (non-hydrogen) atoms. The number of nitrogens with zero attached hydrogens (tertiary/aromatic N) is 3. The molecule has 0 spiro atoms. The number of piperazine rings is 1. The van der Waals surface area contributed by atoms with Crippen molar-refractivity contribution in [1.29, 1.82) is 0 Å². The van der Waals surface area contributed by atoms with Crippen LogP contribution in [-0.4, -0.2) is 74.5 Å². The summed E-state index contributed by atoms with van der Waals surface area (Å²) in [6.07, 6.45) is 2.63. The number of nitrogens with one attached hydrogen (secondary N) is 1. The number of anilines is 1. The van der Waals surface area contributed by atoms with Crippen LogP contribution in [0.5, 0.6) is 0 Å². The van der Waals surface area contributed by atoms with Crippen LogP contribution >= 0.6 is 0 Å². The van der Waals surface area contributed by atoms with E-state index < -0.39 is 0 Å². The van der Waals surface area contributed by atoms with Gasteiger partial charge in [0.15, 0.2) is 0 Å². The smallest absolute Gasteiger partial charge is 0.251 e. The van der Waals surface area contributed by atoms with Gasteiger partial charge in [-0.05, 0) is 50.1 Å². The average Bonchev–Trinajstić information content (AvgIpc) is 2.68. The summed E-state index contributed by atoms with van der Waals surface area (Å²) in [5.41, 5.74) is 1.54. The lowest BCUT2D eigenvalue weighted by Gasteiger charge is -2.33. The van der Waals surface area contributed by atoms with Crippen molar-refractivity contribution in [1.82, 2.24) is 15.1 Å². The number of hydrogen-bond acceptors (Lipinski definition) is 4. The number of likely N-dealkylation sites (N-methyl/N-ethyl adjacent to an activating group) is 1. The molecule has 6 nitrogen and oxygen atoms in total. The number of rotatable bonds is 6. The first-order valence-electron chi connectivity index (χ1n) is 10.1. The largest absolute Gasteiger partial charge is 0.352 e. The van der Waals surface area contributed by atoms with Crippen molar-refractivity contribution in [3.05, 3.63) is 29.8 Å². The SMILES string of the molecule is CC(CNC(=O)c1ccc(N2CCCCC2=O)cc1)CN1CCN(C)CC1. The van der Waals surface area contributed by atoms with E-state index in [1.54, 1.807) is 0 Å². The fraction of sp³-hybridized carbons (Fsp3) is 0.619. The van der Waals surface area contributed by atoms with E-state index in [2.05, 4.69) is 29.1 Å². The minimum Gasteiger partial charge on any atom is -0.352 e. The van der Waals surface area contributed by atoms with E-state index >= 15 is 0 Å². The number of piperidine rings is 1. The van der Waals surface area contributed by atoms with Gasteiger partial charge in [-0.3, -0.25) is 9.59 Å². The van der Waals surface area contributed by atoms with Crippen molar-refractivity contribution in [2.24, 2.45) is 5.92 Å². The maximum Gasteiger partial charge on any atom is 0.251 e. The third kappa shape index (κ3) is 5.53. The highest BCUT2D eigenvalue weighted by Crippen LogP contribution is 2.21. The van der Waals surface area contributed by atoms with E-state index in [-0.39, 0.29) is 11.8 Å². The fourth-order valence-electron chi connectivity index (χ4n) is 3.78. The second-order valence-electron chi connectivity index (χ2n) is 7.97. The average molecular weight is 373 g/mol. The van der Waals surface area contributed by atoms with Crippen molar-refractivity contribution >= 4 is 17.5 Å². The lowest BCUT2D eigenvalue weighted by Crippen LogP contribution is -2.46. The van der Waals surface area contributed by atoms with Gasteiger partial charge in [-0.2, -0.15) is 0 Å². The Balaban J connectivity index is 1.45. The van der Waals surface area contributed by atoms with E-state index in [4.69, 9.17) is 0 Å².